The van der Waals surface area contributed by atoms with E-state index in [4.69, 9.17) is 14.2 Å². The minimum atomic E-state index is -0.776. The van der Waals surface area contributed by atoms with Gasteiger partial charge in [-0.1, -0.05) is 211 Å². The Kier molecular flexibility index (Phi) is 43.9. The SMILES string of the molecule is CC/C=C\C/C=C\C/C=C\C/C=C\CCCCCCC(=O)OCC(COC(=O)CCCCCCCCCCCCC)OC(=O)CCCCCCCCCCCCC. The van der Waals surface area contributed by atoms with Gasteiger partial charge in [-0.05, 0) is 57.8 Å². The highest BCUT2D eigenvalue weighted by Crippen LogP contribution is 2.15. The Hall–Kier alpha value is -2.63. The highest BCUT2D eigenvalue weighted by Gasteiger charge is 2.19. The molecule has 0 aliphatic heterocycles. The number of rotatable bonds is 43. The molecule has 0 bridgehead atoms. The van der Waals surface area contributed by atoms with E-state index in [1.807, 2.05) is 0 Å². The molecule has 1 atom stereocenters. The van der Waals surface area contributed by atoms with Crippen LogP contribution in [0.15, 0.2) is 48.6 Å². The first-order chi connectivity index (χ1) is 28.0. The fraction of sp³-hybridized carbons (Fsp3) is 0.784. The molecule has 0 radical (unpaired) electrons. The summed E-state index contributed by atoms with van der Waals surface area (Å²) in [6, 6.07) is 0. The van der Waals surface area contributed by atoms with E-state index < -0.39 is 6.10 Å². The van der Waals surface area contributed by atoms with Gasteiger partial charge >= 0.3 is 17.9 Å². The van der Waals surface area contributed by atoms with Gasteiger partial charge in [-0.2, -0.15) is 0 Å². The van der Waals surface area contributed by atoms with E-state index in [1.54, 1.807) is 0 Å². The first-order valence-electron chi connectivity index (χ1n) is 24.1. The second-order valence-corrected chi connectivity index (χ2v) is 16.0. The molecule has 0 N–H and O–H groups in total. The maximum absolute atomic E-state index is 12.7. The molecule has 0 fully saturated rings. The smallest absolute Gasteiger partial charge is 0.306 e. The first kappa shape index (κ1) is 54.4. The number of hydrogen-bond acceptors (Lipinski definition) is 6. The number of unbranched alkanes of at least 4 members (excludes halogenated alkanes) is 24. The van der Waals surface area contributed by atoms with Crippen molar-refractivity contribution in [3.8, 4) is 0 Å². The molecular weight excluding hydrogens is 709 g/mol. The molecule has 0 amide bonds. The third kappa shape index (κ3) is 44.3. The highest BCUT2D eigenvalue weighted by molar-refractivity contribution is 5.71. The molecule has 6 heteroatoms. The molecule has 0 aromatic heterocycles. The van der Waals surface area contributed by atoms with Crippen molar-refractivity contribution < 1.29 is 28.6 Å². The number of carbonyl (C=O) groups is 3. The predicted molar refractivity (Wildman–Crippen MR) is 242 cm³/mol. The third-order valence-corrected chi connectivity index (χ3v) is 10.3. The van der Waals surface area contributed by atoms with Crippen molar-refractivity contribution in [2.45, 2.75) is 245 Å². The molecule has 0 saturated carbocycles. The van der Waals surface area contributed by atoms with Crippen LogP contribution in [0.25, 0.3) is 0 Å². The third-order valence-electron chi connectivity index (χ3n) is 10.3. The van der Waals surface area contributed by atoms with Crippen LogP contribution < -0.4 is 0 Å². The van der Waals surface area contributed by atoms with Crippen LogP contribution in [0.1, 0.15) is 239 Å². The van der Waals surface area contributed by atoms with Crippen LogP contribution in [0, 0.1) is 0 Å². The van der Waals surface area contributed by atoms with Crippen molar-refractivity contribution in [2.75, 3.05) is 13.2 Å². The van der Waals surface area contributed by atoms with Crippen LogP contribution in [-0.2, 0) is 28.6 Å². The summed E-state index contributed by atoms with van der Waals surface area (Å²) in [5.41, 5.74) is 0. The van der Waals surface area contributed by atoms with Crippen LogP contribution in [0.5, 0.6) is 0 Å². The van der Waals surface area contributed by atoms with Gasteiger partial charge in [0.2, 0.25) is 0 Å². The van der Waals surface area contributed by atoms with Gasteiger partial charge in [-0.15, -0.1) is 0 Å². The Morgan fingerprint density at radius 1 is 0.368 bits per heavy atom. The summed E-state index contributed by atoms with van der Waals surface area (Å²) in [6.45, 7) is 6.49. The molecule has 0 saturated heterocycles. The van der Waals surface area contributed by atoms with Gasteiger partial charge in [0.15, 0.2) is 6.10 Å². The number of allylic oxidation sites excluding steroid dienone is 8. The Morgan fingerprint density at radius 3 is 1.07 bits per heavy atom. The quantitative estimate of drug-likeness (QED) is 0.0265. The van der Waals surface area contributed by atoms with Crippen LogP contribution in [0.3, 0.4) is 0 Å². The summed E-state index contributed by atoms with van der Waals surface area (Å²) in [5, 5.41) is 0. The highest BCUT2D eigenvalue weighted by atomic mass is 16.6. The zero-order chi connectivity index (χ0) is 41.5. The molecular formula is C51H90O6. The van der Waals surface area contributed by atoms with Gasteiger partial charge < -0.3 is 14.2 Å². The van der Waals surface area contributed by atoms with Gasteiger partial charge in [0.25, 0.3) is 0 Å². The lowest BCUT2D eigenvalue weighted by molar-refractivity contribution is -0.167. The fourth-order valence-electron chi connectivity index (χ4n) is 6.73. The Bertz CT molecular complexity index is 1010. The number of esters is 3. The second kappa shape index (κ2) is 46.1. The molecule has 0 spiro atoms. The standard InChI is InChI=1S/C51H90O6/c1-4-7-10-13-16-19-22-23-24-25-26-27-30-32-35-38-41-44-50(53)56-47-48(57-51(54)45-42-39-36-33-29-21-18-15-12-9-6-3)46-55-49(52)43-40-37-34-31-28-20-17-14-11-8-5-2/h7,10,16,19,23-24,26-27,48H,4-6,8-9,11-15,17-18,20-22,25,28-47H2,1-3H3/b10-7-,19-16-,24-23-,27-26-. The maximum Gasteiger partial charge on any atom is 0.306 e. The van der Waals surface area contributed by atoms with Gasteiger partial charge in [-0.3, -0.25) is 14.4 Å². The molecule has 0 rings (SSSR count). The molecule has 1 unspecified atom stereocenters. The fourth-order valence-corrected chi connectivity index (χ4v) is 6.73. The number of ether oxygens (including phenoxy) is 3. The van der Waals surface area contributed by atoms with E-state index in [9.17, 15) is 14.4 Å². The van der Waals surface area contributed by atoms with Gasteiger partial charge in [0, 0.05) is 19.3 Å². The van der Waals surface area contributed by atoms with E-state index >= 15 is 0 Å². The predicted octanol–water partition coefficient (Wildman–Crippen LogP) is 15.5. The average molecular weight is 799 g/mol. The molecule has 0 aromatic carbocycles. The molecule has 6 nitrogen and oxygen atoms in total. The molecule has 57 heavy (non-hydrogen) atoms. The largest absolute Gasteiger partial charge is 0.462 e. The summed E-state index contributed by atoms with van der Waals surface area (Å²) in [7, 11) is 0. The van der Waals surface area contributed by atoms with E-state index in [2.05, 4.69) is 69.4 Å². The summed E-state index contributed by atoms with van der Waals surface area (Å²) in [6.07, 6.45) is 53.7. The molecule has 0 heterocycles. The van der Waals surface area contributed by atoms with Gasteiger partial charge in [-0.25, -0.2) is 0 Å². The maximum atomic E-state index is 12.7. The van der Waals surface area contributed by atoms with Crippen molar-refractivity contribution in [3.05, 3.63) is 48.6 Å². The minimum Gasteiger partial charge on any atom is -0.462 e. The summed E-state index contributed by atoms with van der Waals surface area (Å²) >= 11 is 0. The van der Waals surface area contributed by atoms with Crippen molar-refractivity contribution in [1.29, 1.82) is 0 Å². The lowest BCUT2D eigenvalue weighted by Gasteiger charge is -2.18. The zero-order valence-electron chi connectivity index (χ0n) is 37.6. The topological polar surface area (TPSA) is 78.9 Å². The van der Waals surface area contributed by atoms with Gasteiger partial charge in [0.05, 0.1) is 0 Å². The minimum absolute atomic E-state index is 0.0779. The number of hydrogen-bond donors (Lipinski definition) is 0. The summed E-state index contributed by atoms with van der Waals surface area (Å²) < 4.78 is 16.7. The van der Waals surface area contributed by atoms with Crippen molar-refractivity contribution in [3.63, 3.8) is 0 Å². The lowest BCUT2D eigenvalue weighted by atomic mass is 10.1. The molecule has 330 valence electrons. The van der Waals surface area contributed by atoms with Crippen LogP contribution in [0.4, 0.5) is 0 Å². The molecule has 0 aliphatic carbocycles. The van der Waals surface area contributed by atoms with Crippen LogP contribution in [-0.4, -0.2) is 37.2 Å². The summed E-state index contributed by atoms with van der Waals surface area (Å²) in [5.74, 6) is -0.900. The Morgan fingerprint density at radius 2 is 0.684 bits per heavy atom. The Balaban J connectivity index is 4.38. The second-order valence-electron chi connectivity index (χ2n) is 16.0. The van der Waals surface area contributed by atoms with Crippen molar-refractivity contribution in [1.82, 2.24) is 0 Å². The number of carbonyl (C=O) groups excluding carboxylic acids is 3. The Labute approximate surface area is 352 Å². The van der Waals surface area contributed by atoms with Crippen LogP contribution in [0.2, 0.25) is 0 Å². The van der Waals surface area contributed by atoms with Gasteiger partial charge in [0.1, 0.15) is 13.2 Å². The average Bonchev–Trinajstić information content (AvgIpc) is 3.21. The monoisotopic (exact) mass is 799 g/mol. The van der Waals surface area contributed by atoms with Crippen molar-refractivity contribution >= 4 is 17.9 Å². The normalized spacial score (nSPS) is 12.4. The first-order valence-corrected chi connectivity index (χ1v) is 24.1. The van der Waals surface area contributed by atoms with E-state index in [0.29, 0.717) is 19.3 Å². The zero-order valence-corrected chi connectivity index (χ0v) is 37.6. The van der Waals surface area contributed by atoms with E-state index in [0.717, 1.165) is 96.3 Å². The lowest BCUT2D eigenvalue weighted by Crippen LogP contribution is -2.30. The van der Waals surface area contributed by atoms with Crippen molar-refractivity contribution in [2.24, 2.45) is 0 Å². The van der Waals surface area contributed by atoms with Crippen LogP contribution >= 0.6 is 0 Å². The molecule has 0 aromatic rings. The van der Waals surface area contributed by atoms with E-state index in [1.165, 1.54) is 103 Å². The molecule has 0 aliphatic rings. The summed E-state index contributed by atoms with van der Waals surface area (Å²) in [4.78, 5) is 37.8. The van der Waals surface area contributed by atoms with E-state index in [-0.39, 0.29) is 31.1 Å².